The molecule has 0 saturated heterocycles. The molecule has 0 amide bonds. The van der Waals surface area contributed by atoms with Crippen LogP contribution in [0.2, 0.25) is 0 Å². The van der Waals surface area contributed by atoms with Crippen LogP contribution in [0.1, 0.15) is 32.3 Å². The first-order valence-corrected chi connectivity index (χ1v) is 7.59. The molecular weight excluding hydrogens is 307 g/mol. The molecule has 0 spiro atoms. The molecule has 1 fully saturated rings. The van der Waals surface area contributed by atoms with Crippen molar-refractivity contribution < 1.29 is 4.39 Å². The lowest BCUT2D eigenvalue weighted by atomic mass is 9.80. The molecule has 0 heterocycles. The van der Waals surface area contributed by atoms with Gasteiger partial charge in [0, 0.05) is 22.5 Å². The number of hydrogen-bond acceptors (Lipinski definition) is 2. The van der Waals surface area contributed by atoms with E-state index in [0.29, 0.717) is 12.0 Å². The van der Waals surface area contributed by atoms with Crippen LogP contribution in [-0.4, -0.2) is 19.1 Å². The zero-order valence-corrected chi connectivity index (χ0v) is 13.1. The minimum absolute atomic E-state index is 0.138. The number of nitrogens with one attached hydrogen (secondary N) is 1. The van der Waals surface area contributed by atoms with Gasteiger partial charge in [0.05, 0.1) is 0 Å². The standard InChI is InChI=1S/C15H22BrFN2/c1-15(2,9-19-8-10-5-12(18)6-10)13-7-11(16)3-4-14(13)17/h3-4,7,10,12,19H,5-6,8-9,18H2,1-2H3. The van der Waals surface area contributed by atoms with E-state index in [1.165, 1.54) is 6.07 Å². The van der Waals surface area contributed by atoms with Crippen LogP contribution in [0.5, 0.6) is 0 Å². The second kappa shape index (κ2) is 5.90. The fraction of sp³-hybridized carbons (Fsp3) is 0.600. The number of halogens is 2. The van der Waals surface area contributed by atoms with Crippen molar-refractivity contribution in [3.8, 4) is 0 Å². The summed E-state index contributed by atoms with van der Waals surface area (Å²) in [6.45, 7) is 5.88. The highest BCUT2D eigenvalue weighted by Gasteiger charge is 2.28. The van der Waals surface area contributed by atoms with Gasteiger partial charge < -0.3 is 11.1 Å². The molecule has 1 aromatic rings. The number of hydrogen-bond donors (Lipinski definition) is 2. The van der Waals surface area contributed by atoms with Crippen LogP contribution < -0.4 is 11.1 Å². The van der Waals surface area contributed by atoms with Crippen molar-refractivity contribution in [2.24, 2.45) is 11.7 Å². The second-order valence-electron chi connectivity index (χ2n) is 6.24. The Balaban J connectivity index is 1.91. The van der Waals surface area contributed by atoms with Crippen LogP contribution in [0.3, 0.4) is 0 Å². The summed E-state index contributed by atoms with van der Waals surface area (Å²) < 4.78 is 14.8. The molecule has 1 aromatic carbocycles. The Labute approximate surface area is 123 Å². The largest absolute Gasteiger partial charge is 0.328 e. The van der Waals surface area contributed by atoms with E-state index in [1.54, 1.807) is 6.07 Å². The van der Waals surface area contributed by atoms with E-state index in [-0.39, 0.29) is 11.2 Å². The first-order chi connectivity index (χ1) is 8.88. The molecule has 0 atom stereocenters. The van der Waals surface area contributed by atoms with Crippen molar-refractivity contribution in [3.05, 3.63) is 34.1 Å². The predicted octanol–water partition coefficient (Wildman–Crippen LogP) is 3.19. The van der Waals surface area contributed by atoms with Crippen LogP contribution in [0, 0.1) is 11.7 Å². The molecule has 19 heavy (non-hydrogen) atoms. The van der Waals surface area contributed by atoms with Gasteiger partial charge >= 0.3 is 0 Å². The Morgan fingerprint density at radius 2 is 2.11 bits per heavy atom. The van der Waals surface area contributed by atoms with Gasteiger partial charge in [-0.05, 0) is 49.1 Å². The molecule has 1 saturated carbocycles. The van der Waals surface area contributed by atoms with E-state index in [1.807, 2.05) is 6.07 Å². The summed E-state index contributed by atoms with van der Waals surface area (Å²) in [6, 6.07) is 5.52. The summed E-state index contributed by atoms with van der Waals surface area (Å²) in [5, 5.41) is 3.46. The van der Waals surface area contributed by atoms with Crippen molar-refractivity contribution >= 4 is 15.9 Å². The first-order valence-electron chi connectivity index (χ1n) is 6.80. The molecule has 0 radical (unpaired) electrons. The van der Waals surface area contributed by atoms with Gasteiger partial charge in [-0.15, -0.1) is 0 Å². The SMILES string of the molecule is CC(C)(CNCC1CC(N)C1)c1cc(Br)ccc1F. The van der Waals surface area contributed by atoms with Crippen LogP contribution in [0.25, 0.3) is 0 Å². The van der Waals surface area contributed by atoms with Gasteiger partial charge in [-0.3, -0.25) is 0 Å². The third-order valence-electron chi connectivity index (χ3n) is 3.93. The summed E-state index contributed by atoms with van der Waals surface area (Å²) in [5.74, 6) is 0.554. The Kier molecular flexibility index (Phi) is 4.64. The third kappa shape index (κ3) is 3.77. The predicted molar refractivity (Wildman–Crippen MR) is 80.7 cm³/mol. The van der Waals surface area contributed by atoms with Crippen LogP contribution >= 0.6 is 15.9 Å². The zero-order valence-electron chi connectivity index (χ0n) is 11.5. The quantitative estimate of drug-likeness (QED) is 0.871. The topological polar surface area (TPSA) is 38.0 Å². The molecule has 1 aliphatic carbocycles. The molecule has 106 valence electrons. The van der Waals surface area contributed by atoms with Crippen LogP contribution in [0.4, 0.5) is 4.39 Å². The summed E-state index contributed by atoms with van der Waals surface area (Å²) in [6.07, 6.45) is 2.22. The van der Waals surface area contributed by atoms with Gasteiger partial charge in [0.2, 0.25) is 0 Å². The Morgan fingerprint density at radius 3 is 2.74 bits per heavy atom. The van der Waals surface area contributed by atoms with E-state index < -0.39 is 0 Å². The minimum atomic E-state index is -0.222. The number of rotatable bonds is 5. The highest BCUT2D eigenvalue weighted by Crippen LogP contribution is 2.29. The highest BCUT2D eigenvalue weighted by molar-refractivity contribution is 9.10. The molecule has 2 rings (SSSR count). The van der Waals surface area contributed by atoms with Crippen molar-refractivity contribution in [2.45, 2.75) is 38.1 Å². The van der Waals surface area contributed by atoms with E-state index in [0.717, 1.165) is 36.0 Å². The fourth-order valence-corrected chi connectivity index (χ4v) is 3.02. The lowest BCUT2D eigenvalue weighted by Gasteiger charge is -2.34. The van der Waals surface area contributed by atoms with Gasteiger partial charge in [0.1, 0.15) is 5.82 Å². The maximum atomic E-state index is 13.9. The molecule has 3 N–H and O–H groups in total. The van der Waals surface area contributed by atoms with E-state index in [2.05, 4.69) is 35.1 Å². The van der Waals surface area contributed by atoms with E-state index in [9.17, 15) is 4.39 Å². The van der Waals surface area contributed by atoms with E-state index >= 15 is 0 Å². The maximum Gasteiger partial charge on any atom is 0.127 e. The fourth-order valence-electron chi connectivity index (χ4n) is 2.65. The second-order valence-corrected chi connectivity index (χ2v) is 7.15. The van der Waals surface area contributed by atoms with Gasteiger partial charge in [0.15, 0.2) is 0 Å². The minimum Gasteiger partial charge on any atom is -0.328 e. The molecule has 0 aliphatic heterocycles. The molecule has 0 bridgehead atoms. The average molecular weight is 329 g/mol. The van der Waals surface area contributed by atoms with Crippen molar-refractivity contribution in [3.63, 3.8) is 0 Å². The summed E-state index contributed by atoms with van der Waals surface area (Å²) in [4.78, 5) is 0. The molecule has 0 aromatic heterocycles. The molecule has 4 heteroatoms. The van der Waals surface area contributed by atoms with E-state index in [4.69, 9.17) is 5.73 Å². The average Bonchev–Trinajstić information content (AvgIpc) is 2.29. The van der Waals surface area contributed by atoms with Gasteiger partial charge in [-0.1, -0.05) is 29.8 Å². The third-order valence-corrected chi connectivity index (χ3v) is 4.42. The van der Waals surface area contributed by atoms with Crippen LogP contribution in [-0.2, 0) is 5.41 Å². The Morgan fingerprint density at radius 1 is 1.42 bits per heavy atom. The molecule has 0 unspecified atom stereocenters. The lowest BCUT2D eigenvalue weighted by molar-refractivity contribution is 0.250. The summed E-state index contributed by atoms with van der Waals surface area (Å²) in [5.41, 5.74) is 6.30. The normalized spacial score (nSPS) is 23.2. The number of nitrogens with two attached hydrogens (primary N) is 1. The highest BCUT2D eigenvalue weighted by atomic mass is 79.9. The number of benzene rings is 1. The zero-order chi connectivity index (χ0) is 14.0. The van der Waals surface area contributed by atoms with Gasteiger partial charge in [-0.25, -0.2) is 4.39 Å². The smallest absolute Gasteiger partial charge is 0.127 e. The summed E-state index contributed by atoms with van der Waals surface area (Å²) in [7, 11) is 0. The Hall–Kier alpha value is -0.450. The monoisotopic (exact) mass is 328 g/mol. The van der Waals surface area contributed by atoms with Crippen molar-refractivity contribution in [1.29, 1.82) is 0 Å². The molecular formula is C15H22BrFN2. The molecule has 1 aliphatic rings. The van der Waals surface area contributed by atoms with Gasteiger partial charge in [-0.2, -0.15) is 0 Å². The lowest BCUT2D eigenvalue weighted by Crippen LogP contribution is -2.43. The van der Waals surface area contributed by atoms with Crippen molar-refractivity contribution in [2.75, 3.05) is 13.1 Å². The summed E-state index contributed by atoms with van der Waals surface area (Å²) >= 11 is 3.41. The first kappa shape index (κ1) is 14.9. The van der Waals surface area contributed by atoms with Crippen molar-refractivity contribution in [1.82, 2.24) is 5.32 Å². The van der Waals surface area contributed by atoms with Crippen LogP contribution in [0.15, 0.2) is 22.7 Å². The maximum absolute atomic E-state index is 13.9. The van der Waals surface area contributed by atoms with Gasteiger partial charge in [0.25, 0.3) is 0 Å². The molecule has 2 nitrogen and oxygen atoms in total. The Bertz CT molecular complexity index is 442.